The number of hydrogen-bond acceptors (Lipinski definition) is 6. The lowest BCUT2D eigenvalue weighted by Crippen LogP contribution is -2.38. The van der Waals surface area contributed by atoms with Gasteiger partial charge in [-0.3, -0.25) is 4.79 Å². The largest absolute Gasteiger partial charge is 0.507 e. The average molecular weight is 485 g/mol. The van der Waals surface area contributed by atoms with Crippen molar-refractivity contribution in [2.75, 3.05) is 11.1 Å². The monoisotopic (exact) mass is 484 g/mol. The average Bonchev–Trinajstić information content (AvgIpc) is 2.82. The Kier molecular flexibility index (Phi) is 7.19. The number of phenolic OH excluding ortho intramolecular Hbond substituents is 1. The lowest BCUT2D eigenvalue weighted by atomic mass is 9.93. The van der Waals surface area contributed by atoms with Gasteiger partial charge in [0.05, 0.1) is 17.4 Å². The second kappa shape index (κ2) is 10.3. The third-order valence-electron chi connectivity index (χ3n) is 5.96. The highest BCUT2D eigenvalue weighted by atomic mass is 35.5. The van der Waals surface area contributed by atoms with Crippen LogP contribution in [0.25, 0.3) is 11.3 Å². The number of amides is 1. The molecule has 6 N–H and O–H groups in total. The van der Waals surface area contributed by atoms with Crippen molar-refractivity contribution in [3.05, 3.63) is 64.7 Å². The van der Waals surface area contributed by atoms with Crippen LogP contribution in [0.15, 0.2) is 48.5 Å². The van der Waals surface area contributed by atoms with E-state index in [1.807, 2.05) is 0 Å². The number of nitrogens with two attached hydrogens (primary N) is 1. The summed E-state index contributed by atoms with van der Waals surface area (Å²) in [5.74, 6) is -0.294. The molecule has 0 unspecified atom stereocenters. The van der Waals surface area contributed by atoms with Gasteiger partial charge in [0.25, 0.3) is 5.91 Å². The minimum Gasteiger partial charge on any atom is -0.507 e. The fourth-order valence-electron chi connectivity index (χ4n) is 4.07. The van der Waals surface area contributed by atoms with Gasteiger partial charge in [0, 0.05) is 33.6 Å². The van der Waals surface area contributed by atoms with Crippen LogP contribution >= 0.6 is 11.6 Å². The molecule has 1 aliphatic carbocycles. The first-order valence-electron chi connectivity index (χ1n) is 11.0. The van der Waals surface area contributed by atoms with E-state index in [1.54, 1.807) is 42.5 Å². The molecule has 34 heavy (non-hydrogen) atoms. The number of carbonyl (C=O) groups is 1. The third kappa shape index (κ3) is 5.40. The number of carbonyl (C=O) groups excluding carboxylic acids is 1. The van der Waals surface area contributed by atoms with Crippen molar-refractivity contribution in [2.24, 2.45) is 0 Å². The molecule has 3 aromatic rings. The van der Waals surface area contributed by atoms with E-state index in [4.69, 9.17) is 17.3 Å². The number of nitrogens with one attached hydrogen (secondary N) is 2. The quantitative estimate of drug-likeness (QED) is 0.316. The molecule has 2 aromatic carbocycles. The normalized spacial score (nSPS) is 17.9. The molecule has 1 heterocycles. The van der Waals surface area contributed by atoms with Gasteiger partial charge in [-0.25, -0.2) is 9.37 Å². The summed E-state index contributed by atoms with van der Waals surface area (Å²) in [7, 11) is 0. The number of aliphatic hydroxyl groups is 1. The second-order valence-corrected chi connectivity index (χ2v) is 8.84. The van der Waals surface area contributed by atoms with Gasteiger partial charge >= 0.3 is 0 Å². The first kappa shape index (κ1) is 23.8. The van der Waals surface area contributed by atoms with E-state index in [0.717, 1.165) is 0 Å². The molecule has 178 valence electrons. The van der Waals surface area contributed by atoms with Crippen LogP contribution in [0.1, 0.15) is 41.6 Å². The molecular formula is C25H26ClFN4O3. The Labute approximate surface area is 201 Å². The van der Waals surface area contributed by atoms with Crippen molar-refractivity contribution in [1.82, 2.24) is 10.3 Å². The van der Waals surface area contributed by atoms with E-state index >= 15 is 0 Å². The zero-order valence-corrected chi connectivity index (χ0v) is 19.1. The summed E-state index contributed by atoms with van der Waals surface area (Å²) in [5, 5.41) is 26.6. The first-order valence-corrected chi connectivity index (χ1v) is 11.4. The summed E-state index contributed by atoms with van der Waals surface area (Å²) < 4.78 is 13.4. The van der Waals surface area contributed by atoms with Crippen molar-refractivity contribution < 1.29 is 19.4 Å². The summed E-state index contributed by atoms with van der Waals surface area (Å²) in [4.78, 5) is 17.0. The number of hydrogen-bond donors (Lipinski definition) is 5. The van der Waals surface area contributed by atoms with Crippen LogP contribution in [-0.4, -0.2) is 33.3 Å². The molecule has 1 saturated carbocycles. The molecule has 0 bridgehead atoms. The fraction of sp³-hybridized carbons (Fsp3) is 0.280. The van der Waals surface area contributed by atoms with E-state index < -0.39 is 6.67 Å². The van der Waals surface area contributed by atoms with Crippen molar-refractivity contribution >= 4 is 34.7 Å². The molecule has 1 aromatic heterocycles. The lowest BCUT2D eigenvalue weighted by molar-refractivity contribution is 0.0868. The number of rotatable bonds is 6. The van der Waals surface area contributed by atoms with Gasteiger partial charge in [-0.15, -0.1) is 0 Å². The number of alkyl halides is 1. The maximum absolute atomic E-state index is 13.4. The highest BCUT2D eigenvalue weighted by molar-refractivity contribution is 6.30. The number of aromatic nitrogens is 1. The van der Waals surface area contributed by atoms with Gasteiger partial charge in [0.1, 0.15) is 18.2 Å². The first-order chi connectivity index (χ1) is 16.3. The van der Waals surface area contributed by atoms with Gasteiger partial charge < -0.3 is 26.6 Å². The van der Waals surface area contributed by atoms with E-state index in [1.165, 1.54) is 6.07 Å². The highest BCUT2D eigenvalue weighted by Crippen LogP contribution is 2.34. The van der Waals surface area contributed by atoms with E-state index in [2.05, 4.69) is 15.6 Å². The summed E-state index contributed by atoms with van der Waals surface area (Å²) in [6, 6.07) is 12.9. The Bertz CT molecular complexity index is 1200. The Morgan fingerprint density at radius 1 is 1.12 bits per heavy atom. The summed E-state index contributed by atoms with van der Waals surface area (Å²) in [6.07, 6.45) is 2.43. The third-order valence-corrected chi connectivity index (χ3v) is 6.20. The van der Waals surface area contributed by atoms with Gasteiger partial charge in [0.2, 0.25) is 0 Å². The van der Waals surface area contributed by atoms with Crippen molar-refractivity contribution in [3.8, 4) is 17.0 Å². The molecule has 9 heteroatoms. The SMILES string of the molecule is Nc1nc(-c2cc(Nc3ccc(Cl)cc3CF)ccc2O)ccc1C(=O)NC1CCC(O)CC1. The number of nitrogen functional groups attached to an aromatic ring is 1. The number of benzene rings is 2. The van der Waals surface area contributed by atoms with Crippen molar-refractivity contribution in [3.63, 3.8) is 0 Å². The van der Waals surface area contributed by atoms with E-state index in [9.17, 15) is 19.4 Å². The summed E-state index contributed by atoms with van der Waals surface area (Å²) >= 11 is 5.95. The predicted molar refractivity (Wildman–Crippen MR) is 131 cm³/mol. The molecule has 4 rings (SSSR count). The maximum Gasteiger partial charge on any atom is 0.255 e. The smallest absolute Gasteiger partial charge is 0.255 e. The number of aliphatic hydroxyl groups excluding tert-OH is 1. The zero-order valence-electron chi connectivity index (χ0n) is 18.4. The number of pyridine rings is 1. The van der Waals surface area contributed by atoms with Crippen LogP contribution in [0.3, 0.4) is 0 Å². The van der Waals surface area contributed by atoms with Gasteiger partial charge in [-0.2, -0.15) is 0 Å². The standard InChI is InChI=1S/C25H26ClFN4O3/c26-15-1-8-21(14(11-15)13-27)29-17-4-10-23(33)20(12-17)22-9-7-19(24(28)31-22)25(34)30-16-2-5-18(32)6-3-16/h1,4,7-12,16,18,29,32-33H,2-3,5-6,13H2,(H2,28,31)(H,30,34). The fourth-order valence-corrected chi connectivity index (χ4v) is 4.26. The summed E-state index contributed by atoms with van der Waals surface area (Å²) in [6.45, 7) is -0.684. The molecule has 0 aliphatic heterocycles. The molecule has 0 radical (unpaired) electrons. The highest BCUT2D eigenvalue weighted by Gasteiger charge is 2.22. The minimum atomic E-state index is -0.684. The van der Waals surface area contributed by atoms with Crippen LogP contribution in [0.5, 0.6) is 5.75 Å². The Hall–Kier alpha value is -3.36. The molecule has 1 fully saturated rings. The molecule has 7 nitrogen and oxygen atoms in total. The molecule has 0 spiro atoms. The Balaban J connectivity index is 1.54. The van der Waals surface area contributed by atoms with E-state index in [0.29, 0.717) is 58.9 Å². The Morgan fingerprint density at radius 3 is 2.59 bits per heavy atom. The minimum absolute atomic E-state index is 0.0103. The van der Waals surface area contributed by atoms with Crippen LogP contribution in [0.2, 0.25) is 5.02 Å². The zero-order chi connectivity index (χ0) is 24.2. The van der Waals surface area contributed by atoms with Crippen molar-refractivity contribution in [1.29, 1.82) is 0 Å². The summed E-state index contributed by atoms with van der Waals surface area (Å²) in [5.41, 5.74) is 8.69. The lowest BCUT2D eigenvalue weighted by Gasteiger charge is -2.26. The molecule has 1 amide bonds. The van der Waals surface area contributed by atoms with Crippen LogP contribution in [0.4, 0.5) is 21.6 Å². The number of phenols is 1. The number of nitrogens with zero attached hydrogens (tertiary/aromatic N) is 1. The number of halogens is 2. The van der Waals surface area contributed by atoms with Crippen LogP contribution < -0.4 is 16.4 Å². The van der Waals surface area contributed by atoms with E-state index in [-0.39, 0.29) is 35.2 Å². The molecule has 0 saturated heterocycles. The maximum atomic E-state index is 13.4. The van der Waals surface area contributed by atoms with Gasteiger partial charge in [0.15, 0.2) is 0 Å². The topological polar surface area (TPSA) is 121 Å². The number of anilines is 3. The Morgan fingerprint density at radius 2 is 1.88 bits per heavy atom. The van der Waals surface area contributed by atoms with Crippen LogP contribution in [-0.2, 0) is 6.67 Å². The molecule has 0 atom stereocenters. The van der Waals surface area contributed by atoms with Crippen LogP contribution in [0, 0.1) is 0 Å². The predicted octanol–water partition coefficient (Wildman–Crippen LogP) is 4.94. The van der Waals surface area contributed by atoms with Gasteiger partial charge in [-0.05, 0) is 74.2 Å². The van der Waals surface area contributed by atoms with Gasteiger partial charge in [-0.1, -0.05) is 11.6 Å². The second-order valence-electron chi connectivity index (χ2n) is 8.40. The van der Waals surface area contributed by atoms with Crippen molar-refractivity contribution in [2.45, 2.75) is 44.5 Å². The number of aromatic hydroxyl groups is 1. The molecule has 1 aliphatic rings. The molecular weight excluding hydrogens is 459 g/mol.